The van der Waals surface area contributed by atoms with Crippen molar-refractivity contribution in [2.75, 3.05) is 40.3 Å². The maximum absolute atomic E-state index is 13.0. The van der Waals surface area contributed by atoms with E-state index in [0.29, 0.717) is 18.4 Å². The van der Waals surface area contributed by atoms with Gasteiger partial charge in [-0.25, -0.2) is 4.79 Å². The lowest BCUT2D eigenvalue weighted by atomic mass is 9.88. The van der Waals surface area contributed by atoms with Gasteiger partial charge in [0.1, 0.15) is 0 Å². The molecular formula is C25H34N4O. The SMILES string of the molecule is Cc1ccccc1[C@H]1[C@@H]2CN(Cc3ccc(CCN)cc3)C[C@@H]2CN1C(=O)N(C)C. The Morgan fingerprint density at radius 2 is 1.73 bits per heavy atom. The van der Waals surface area contributed by atoms with E-state index in [4.69, 9.17) is 5.73 Å². The molecule has 2 aliphatic heterocycles. The Bertz CT molecular complexity index is 879. The number of hydrogen-bond acceptors (Lipinski definition) is 3. The molecule has 2 amide bonds. The zero-order valence-corrected chi connectivity index (χ0v) is 18.4. The van der Waals surface area contributed by atoms with Crippen LogP contribution in [0, 0.1) is 18.8 Å². The predicted molar refractivity (Wildman–Crippen MR) is 121 cm³/mol. The van der Waals surface area contributed by atoms with E-state index in [2.05, 4.69) is 65.3 Å². The molecule has 0 bridgehead atoms. The van der Waals surface area contributed by atoms with Crippen molar-refractivity contribution in [3.05, 3.63) is 70.8 Å². The van der Waals surface area contributed by atoms with Gasteiger partial charge in [-0.1, -0.05) is 48.5 Å². The van der Waals surface area contributed by atoms with Crippen molar-refractivity contribution >= 4 is 6.03 Å². The van der Waals surface area contributed by atoms with E-state index in [-0.39, 0.29) is 12.1 Å². The first-order valence-electron chi connectivity index (χ1n) is 11.0. The van der Waals surface area contributed by atoms with Crippen LogP contribution in [0.25, 0.3) is 0 Å². The van der Waals surface area contributed by atoms with E-state index in [0.717, 1.165) is 32.6 Å². The minimum absolute atomic E-state index is 0.125. The van der Waals surface area contributed by atoms with Crippen molar-refractivity contribution in [1.82, 2.24) is 14.7 Å². The van der Waals surface area contributed by atoms with Crippen molar-refractivity contribution in [1.29, 1.82) is 0 Å². The summed E-state index contributed by atoms with van der Waals surface area (Å²) in [5.74, 6) is 1.00. The molecule has 30 heavy (non-hydrogen) atoms. The number of rotatable bonds is 5. The van der Waals surface area contributed by atoms with Crippen LogP contribution < -0.4 is 5.73 Å². The zero-order chi connectivity index (χ0) is 21.3. The summed E-state index contributed by atoms with van der Waals surface area (Å²) in [6, 6.07) is 17.7. The van der Waals surface area contributed by atoms with E-state index < -0.39 is 0 Å². The fourth-order valence-electron chi connectivity index (χ4n) is 5.27. The van der Waals surface area contributed by atoms with Crippen LogP contribution in [0.4, 0.5) is 4.79 Å². The molecule has 5 nitrogen and oxygen atoms in total. The second-order valence-corrected chi connectivity index (χ2v) is 9.10. The van der Waals surface area contributed by atoms with Gasteiger partial charge in [0.2, 0.25) is 0 Å². The van der Waals surface area contributed by atoms with E-state index in [1.165, 1.54) is 22.3 Å². The molecule has 2 heterocycles. The normalized spacial score (nSPS) is 23.6. The maximum Gasteiger partial charge on any atom is 0.320 e. The Kier molecular flexibility index (Phi) is 6.11. The fraction of sp³-hybridized carbons (Fsp3) is 0.480. The van der Waals surface area contributed by atoms with Crippen molar-refractivity contribution in [2.24, 2.45) is 17.6 Å². The van der Waals surface area contributed by atoms with Gasteiger partial charge in [-0.05, 0) is 48.1 Å². The summed E-state index contributed by atoms with van der Waals surface area (Å²) in [6.07, 6.45) is 0.933. The first-order valence-corrected chi connectivity index (χ1v) is 11.0. The average Bonchev–Trinajstić information content (AvgIpc) is 3.27. The van der Waals surface area contributed by atoms with Gasteiger partial charge >= 0.3 is 6.03 Å². The number of carbonyl (C=O) groups is 1. The van der Waals surface area contributed by atoms with Gasteiger partial charge in [0.05, 0.1) is 6.04 Å². The lowest BCUT2D eigenvalue weighted by molar-refractivity contribution is 0.151. The Morgan fingerprint density at radius 1 is 1.03 bits per heavy atom. The summed E-state index contributed by atoms with van der Waals surface area (Å²) in [7, 11) is 3.71. The van der Waals surface area contributed by atoms with Gasteiger partial charge in [-0.15, -0.1) is 0 Å². The number of benzene rings is 2. The lowest BCUT2D eigenvalue weighted by Crippen LogP contribution is -2.41. The summed E-state index contributed by atoms with van der Waals surface area (Å²) in [5, 5.41) is 0. The van der Waals surface area contributed by atoms with E-state index in [9.17, 15) is 4.79 Å². The van der Waals surface area contributed by atoms with Crippen LogP contribution in [0.2, 0.25) is 0 Å². The molecule has 5 heteroatoms. The van der Waals surface area contributed by atoms with Crippen molar-refractivity contribution < 1.29 is 4.79 Å². The van der Waals surface area contributed by atoms with Crippen LogP contribution >= 0.6 is 0 Å². The topological polar surface area (TPSA) is 52.8 Å². The van der Waals surface area contributed by atoms with E-state index in [1.54, 1.807) is 4.90 Å². The van der Waals surface area contributed by atoms with Crippen molar-refractivity contribution in [3.8, 4) is 0 Å². The third-order valence-corrected chi connectivity index (χ3v) is 6.74. The van der Waals surface area contributed by atoms with Gasteiger partial charge < -0.3 is 15.5 Å². The Morgan fingerprint density at radius 3 is 2.40 bits per heavy atom. The first kappa shape index (κ1) is 20.9. The Hall–Kier alpha value is -2.37. The summed E-state index contributed by atoms with van der Waals surface area (Å²) in [6.45, 7) is 6.75. The molecule has 0 spiro atoms. The highest BCUT2D eigenvalue weighted by atomic mass is 16.2. The molecule has 2 aliphatic rings. The minimum atomic E-state index is 0.125. The molecule has 2 aromatic rings. The van der Waals surface area contributed by atoms with Gasteiger partial charge in [0.15, 0.2) is 0 Å². The average molecular weight is 407 g/mol. The quantitative estimate of drug-likeness (QED) is 0.829. The molecule has 3 atom stereocenters. The van der Waals surface area contributed by atoms with Crippen LogP contribution in [-0.2, 0) is 13.0 Å². The summed E-state index contributed by atoms with van der Waals surface area (Å²) >= 11 is 0. The molecule has 2 saturated heterocycles. The number of urea groups is 1. The number of nitrogens with zero attached hydrogens (tertiary/aromatic N) is 3. The van der Waals surface area contributed by atoms with Crippen molar-refractivity contribution in [3.63, 3.8) is 0 Å². The first-order chi connectivity index (χ1) is 14.5. The highest BCUT2D eigenvalue weighted by molar-refractivity contribution is 5.75. The molecule has 160 valence electrons. The molecule has 0 saturated carbocycles. The molecule has 0 radical (unpaired) electrons. The smallest absolute Gasteiger partial charge is 0.320 e. The largest absolute Gasteiger partial charge is 0.331 e. The molecule has 2 fully saturated rings. The second kappa shape index (κ2) is 8.78. The molecule has 4 rings (SSSR count). The number of nitrogens with two attached hydrogens (primary N) is 1. The maximum atomic E-state index is 13.0. The molecule has 0 aliphatic carbocycles. The molecule has 2 aromatic carbocycles. The molecular weight excluding hydrogens is 372 g/mol. The van der Waals surface area contributed by atoms with Crippen molar-refractivity contribution in [2.45, 2.75) is 25.9 Å². The number of hydrogen-bond donors (Lipinski definition) is 1. The van der Waals surface area contributed by atoms with Crippen LogP contribution in [0.15, 0.2) is 48.5 Å². The monoisotopic (exact) mass is 406 g/mol. The predicted octanol–water partition coefficient (Wildman–Crippen LogP) is 3.28. The second-order valence-electron chi connectivity index (χ2n) is 9.10. The van der Waals surface area contributed by atoms with Crippen LogP contribution in [0.3, 0.4) is 0 Å². The Labute approximate surface area is 180 Å². The van der Waals surface area contributed by atoms with E-state index >= 15 is 0 Å². The standard InChI is InChI=1S/C25H34N4O/c1-18-6-4-5-7-22(18)24-23-17-28(14-20-10-8-19(9-11-20)12-13-26)15-21(23)16-29(24)25(30)27(2)3/h4-11,21,23-24H,12-17,26H2,1-3H3/t21-,23-,24+/m1/s1. The van der Waals surface area contributed by atoms with E-state index in [1.807, 2.05) is 14.1 Å². The summed E-state index contributed by atoms with van der Waals surface area (Å²) in [4.78, 5) is 19.3. The summed E-state index contributed by atoms with van der Waals surface area (Å²) < 4.78 is 0. The van der Waals surface area contributed by atoms with Gasteiger partial charge in [-0.3, -0.25) is 4.90 Å². The summed E-state index contributed by atoms with van der Waals surface area (Å²) in [5.41, 5.74) is 10.9. The Balaban J connectivity index is 1.52. The van der Waals surface area contributed by atoms with Gasteiger partial charge in [-0.2, -0.15) is 0 Å². The van der Waals surface area contributed by atoms with Gasteiger partial charge in [0.25, 0.3) is 0 Å². The third-order valence-electron chi connectivity index (χ3n) is 6.74. The number of aryl methyl sites for hydroxylation is 1. The highest BCUT2D eigenvalue weighted by Crippen LogP contribution is 2.46. The van der Waals surface area contributed by atoms with Gasteiger partial charge in [0, 0.05) is 46.2 Å². The number of likely N-dealkylation sites (tertiary alicyclic amines) is 2. The third kappa shape index (κ3) is 4.09. The number of amides is 2. The molecule has 0 aromatic heterocycles. The fourth-order valence-corrected chi connectivity index (χ4v) is 5.27. The van der Waals surface area contributed by atoms with Crippen LogP contribution in [0.1, 0.15) is 28.3 Å². The zero-order valence-electron chi connectivity index (χ0n) is 18.4. The van der Waals surface area contributed by atoms with Crippen LogP contribution in [-0.4, -0.2) is 61.0 Å². The number of carbonyl (C=O) groups excluding carboxylic acids is 1. The molecule has 0 unspecified atom stereocenters. The molecule has 2 N–H and O–H groups in total. The number of fused-ring (bicyclic) bond motifs is 1. The minimum Gasteiger partial charge on any atom is -0.331 e. The van der Waals surface area contributed by atoms with Crippen LogP contribution in [0.5, 0.6) is 0 Å². The lowest BCUT2D eigenvalue weighted by Gasteiger charge is -2.32. The highest BCUT2D eigenvalue weighted by Gasteiger charge is 2.49.